The van der Waals surface area contributed by atoms with E-state index in [0.717, 1.165) is 17.0 Å². The van der Waals surface area contributed by atoms with Gasteiger partial charge in [-0.05, 0) is 40.2 Å². The Morgan fingerprint density at radius 2 is 1.92 bits per heavy atom. The number of amides is 1. The third kappa shape index (κ3) is 2.76. The standard InChI is InChI=1S/C17H21N5O2S/c1-7-12-15(23)18-11(5)19-16(12)25-14(7)17(24)22(6)10(4)13-8(2)20-21-9(13)3/h10H,1-6H3,(H,20,21)(H,18,19,23). The van der Waals surface area contributed by atoms with Gasteiger partial charge in [0.2, 0.25) is 0 Å². The van der Waals surface area contributed by atoms with Crippen LogP contribution in [0.25, 0.3) is 10.2 Å². The van der Waals surface area contributed by atoms with Crippen LogP contribution < -0.4 is 5.56 Å². The zero-order valence-corrected chi connectivity index (χ0v) is 16.0. The van der Waals surface area contributed by atoms with E-state index < -0.39 is 0 Å². The zero-order chi connectivity index (χ0) is 18.5. The van der Waals surface area contributed by atoms with Crippen molar-refractivity contribution >= 4 is 27.5 Å². The fraction of sp³-hybridized carbons (Fsp3) is 0.412. The zero-order valence-electron chi connectivity index (χ0n) is 15.1. The Morgan fingerprint density at radius 1 is 1.24 bits per heavy atom. The van der Waals surface area contributed by atoms with Crippen molar-refractivity contribution < 1.29 is 4.79 Å². The van der Waals surface area contributed by atoms with E-state index in [-0.39, 0.29) is 17.5 Å². The van der Waals surface area contributed by atoms with Gasteiger partial charge in [0, 0.05) is 18.3 Å². The molecule has 8 heteroatoms. The minimum Gasteiger partial charge on any atom is -0.334 e. The van der Waals surface area contributed by atoms with Crippen molar-refractivity contribution in [3.8, 4) is 0 Å². The van der Waals surface area contributed by atoms with Crippen LogP contribution in [0.4, 0.5) is 0 Å². The van der Waals surface area contributed by atoms with Crippen molar-refractivity contribution in [3.63, 3.8) is 0 Å². The van der Waals surface area contributed by atoms with Gasteiger partial charge in [-0.3, -0.25) is 14.7 Å². The predicted molar refractivity (Wildman–Crippen MR) is 98.3 cm³/mol. The number of carbonyl (C=O) groups excluding carboxylic acids is 1. The highest BCUT2D eigenvalue weighted by Gasteiger charge is 2.27. The molecule has 1 unspecified atom stereocenters. The molecule has 0 saturated carbocycles. The Labute approximate surface area is 149 Å². The lowest BCUT2D eigenvalue weighted by Gasteiger charge is -2.25. The van der Waals surface area contributed by atoms with Crippen LogP contribution in [-0.4, -0.2) is 38.0 Å². The maximum absolute atomic E-state index is 13.1. The highest BCUT2D eigenvalue weighted by Crippen LogP contribution is 2.31. The molecule has 3 aromatic rings. The van der Waals surface area contributed by atoms with Gasteiger partial charge in [-0.25, -0.2) is 4.98 Å². The monoisotopic (exact) mass is 359 g/mol. The largest absolute Gasteiger partial charge is 0.334 e. The van der Waals surface area contributed by atoms with Crippen molar-refractivity contribution in [2.75, 3.05) is 7.05 Å². The summed E-state index contributed by atoms with van der Waals surface area (Å²) in [4.78, 5) is 35.2. The van der Waals surface area contributed by atoms with Crippen LogP contribution in [0.5, 0.6) is 0 Å². The number of aromatic nitrogens is 4. The molecule has 7 nitrogen and oxygen atoms in total. The number of hydrogen-bond acceptors (Lipinski definition) is 5. The van der Waals surface area contributed by atoms with Gasteiger partial charge in [0.05, 0.1) is 22.0 Å². The van der Waals surface area contributed by atoms with E-state index in [1.807, 2.05) is 20.8 Å². The van der Waals surface area contributed by atoms with E-state index in [1.165, 1.54) is 11.3 Å². The molecule has 0 radical (unpaired) electrons. The minimum absolute atomic E-state index is 0.120. The van der Waals surface area contributed by atoms with E-state index in [9.17, 15) is 9.59 Å². The average Bonchev–Trinajstić information content (AvgIpc) is 3.05. The molecule has 3 heterocycles. The lowest BCUT2D eigenvalue weighted by molar-refractivity contribution is 0.0746. The highest BCUT2D eigenvalue weighted by atomic mass is 32.1. The van der Waals surface area contributed by atoms with Gasteiger partial charge in [-0.15, -0.1) is 11.3 Å². The minimum atomic E-state index is -0.201. The molecule has 0 spiro atoms. The van der Waals surface area contributed by atoms with Crippen molar-refractivity contribution in [1.29, 1.82) is 0 Å². The van der Waals surface area contributed by atoms with Crippen molar-refractivity contribution in [2.45, 2.75) is 40.7 Å². The lowest BCUT2D eigenvalue weighted by Crippen LogP contribution is -2.30. The van der Waals surface area contributed by atoms with Crippen LogP contribution in [0.2, 0.25) is 0 Å². The molecule has 3 aromatic heterocycles. The highest BCUT2D eigenvalue weighted by molar-refractivity contribution is 7.20. The number of nitrogens with one attached hydrogen (secondary N) is 2. The Kier molecular flexibility index (Phi) is 4.24. The molecular weight excluding hydrogens is 338 g/mol. The van der Waals surface area contributed by atoms with Gasteiger partial charge in [-0.2, -0.15) is 5.10 Å². The first kappa shape index (κ1) is 17.3. The van der Waals surface area contributed by atoms with Crippen LogP contribution in [0.15, 0.2) is 4.79 Å². The Hall–Kier alpha value is -2.48. The number of nitrogens with zero attached hydrogens (tertiary/aromatic N) is 3. The second-order valence-electron chi connectivity index (χ2n) is 6.33. The normalized spacial score (nSPS) is 12.6. The summed E-state index contributed by atoms with van der Waals surface area (Å²) < 4.78 is 0. The maximum Gasteiger partial charge on any atom is 0.264 e. The molecule has 0 aliphatic rings. The SMILES string of the molecule is Cc1nc2sc(C(=O)N(C)C(C)c3c(C)n[nH]c3C)c(C)c2c(=O)[nH]1. The number of aryl methyl sites for hydroxylation is 4. The molecule has 132 valence electrons. The smallest absolute Gasteiger partial charge is 0.264 e. The first-order chi connectivity index (χ1) is 11.7. The summed E-state index contributed by atoms with van der Waals surface area (Å²) in [6.45, 7) is 9.37. The summed E-state index contributed by atoms with van der Waals surface area (Å²) in [5, 5.41) is 7.66. The van der Waals surface area contributed by atoms with Gasteiger partial charge >= 0.3 is 0 Å². The number of thiophene rings is 1. The maximum atomic E-state index is 13.1. The molecular formula is C17H21N5O2S. The number of rotatable bonds is 3. The van der Waals surface area contributed by atoms with Crippen molar-refractivity contribution in [1.82, 2.24) is 25.1 Å². The Morgan fingerprint density at radius 3 is 2.52 bits per heavy atom. The molecule has 2 N–H and O–H groups in total. The Bertz CT molecular complexity index is 1010. The summed E-state index contributed by atoms with van der Waals surface area (Å²) in [7, 11) is 1.77. The van der Waals surface area contributed by atoms with Gasteiger partial charge < -0.3 is 9.88 Å². The molecule has 1 amide bonds. The number of H-pyrrole nitrogens is 2. The van der Waals surface area contributed by atoms with Crippen molar-refractivity contribution in [2.24, 2.45) is 0 Å². The molecule has 1 atom stereocenters. The van der Waals surface area contributed by atoms with E-state index in [0.29, 0.717) is 26.5 Å². The summed E-state index contributed by atoms with van der Waals surface area (Å²) >= 11 is 1.27. The molecule has 0 saturated heterocycles. The summed E-state index contributed by atoms with van der Waals surface area (Å²) in [5.74, 6) is 0.425. The summed E-state index contributed by atoms with van der Waals surface area (Å²) in [5.41, 5.74) is 3.32. The number of carbonyl (C=O) groups is 1. The summed E-state index contributed by atoms with van der Waals surface area (Å²) in [6.07, 6.45) is 0. The van der Waals surface area contributed by atoms with Crippen LogP contribution in [0.3, 0.4) is 0 Å². The second-order valence-corrected chi connectivity index (χ2v) is 7.33. The number of fused-ring (bicyclic) bond motifs is 1. The van der Waals surface area contributed by atoms with Gasteiger partial charge in [0.25, 0.3) is 11.5 Å². The van der Waals surface area contributed by atoms with Crippen LogP contribution >= 0.6 is 11.3 Å². The Balaban J connectivity index is 2.03. The van der Waals surface area contributed by atoms with Gasteiger partial charge in [0.15, 0.2) is 0 Å². The van der Waals surface area contributed by atoms with Crippen LogP contribution in [-0.2, 0) is 0 Å². The molecule has 25 heavy (non-hydrogen) atoms. The first-order valence-electron chi connectivity index (χ1n) is 8.01. The van der Waals surface area contributed by atoms with E-state index in [2.05, 4.69) is 20.2 Å². The van der Waals surface area contributed by atoms with E-state index in [1.54, 1.807) is 25.8 Å². The molecule has 0 fully saturated rings. The first-order valence-corrected chi connectivity index (χ1v) is 8.82. The van der Waals surface area contributed by atoms with Crippen LogP contribution in [0.1, 0.15) is 51.0 Å². The quantitative estimate of drug-likeness (QED) is 0.752. The molecule has 0 bridgehead atoms. The third-order valence-electron chi connectivity index (χ3n) is 4.62. The third-order valence-corrected chi connectivity index (χ3v) is 5.79. The predicted octanol–water partition coefficient (Wildman–Crippen LogP) is 2.77. The molecule has 0 aliphatic heterocycles. The van der Waals surface area contributed by atoms with E-state index in [4.69, 9.17) is 0 Å². The van der Waals surface area contributed by atoms with Crippen molar-refractivity contribution in [3.05, 3.63) is 43.6 Å². The fourth-order valence-electron chi connectivity index (χ4n) is 3.16. The fourth-order valence-corrected chi connectivity index (χ4v) is 4.37. The lowest BCUT2D eigenvalue weighted by atomic mass is 10.0. The average molecular weight is 359 g/mol. The van der Waals surface area contributed by atoms with Gasteiger partial charge in [0.1, 0.15) is 10.7 Å². The number of aromatic amines is 2. The molecule has 0 aromatic carbocycles. The number of hydrogen-bond donors (Lipinski definition) is 2. The molecule has 0 aliphatic carbocycles. The molecule has 3 rings (SSSR count). The van der Waals surface area contributed by atoms with E-state index >= 15 is 0 Å². The topological polar surface area (TPSA) is 94.7 Å². The summed E-state index contributed by atoms with van der Waals surface area (Å²) in [6, 6.07) is -0.135. The van der Waals surface area contributed by atoms with Gasteiger partial charge in [-0.1, -0.05) is 0 Å². The van der Waals surface area contributed by atoms with Crippen LogP contribution in [0, 0.1) is 27.7 Å². The second kappa shape index (κ2) is 6.11.